The van der Waals surface area contributed by atoms with E-state index in [4.69, 9.17) is 0 Å². The maximum absolute atomic E-state index is 13.5. The molecule has 0 aliphatic carbocycles. The van der Waals surface area contributed by atoms with E-state index in [9.17, 15) is 22.8 Å². The lowest BCUT2D eigenvalue weighted by Gasteiger charge is -2.37. The number of nitrogens with zero attached hydrogens (tertiary/aromatic N) is 5. The fraction of sp³-hybridized carbons (Fsp3) is 0.241. The van der Waals surface area contributed by atoms with Gasteiger partial charge in [-0.25, -0.2) is 4.68 Å². The van der Waals surface area contributed by atoms with Crippen molar-refractivity contribution in [3.05, 3.63) is 95.4 Å². The number of fused-ring (bicyclic) bond motifs is 1. The zero-order valence-electron chi connectivity index (χ0n) is 21.5. The lowest BCUT2D eigenvalue weighted by molar-refractivity contribution is -0.137. The predicted molar refractivity (Wildman–Crippen MR) is 142 cm³/mol. The molecule has 4 heterocycles. The highest BCUT2D eigenvalue weighted by Crippen LogP contribution is 2.36. The van der Waals surface area contributed by atoms with Gasteiger partial charge in [0.15, 0.2) is 5.69 Å². The number of alkyl halides is 3. The molecule has 2 aliphatic heterocycles. The highest BCUT2D eigenvalue weighted by Gasteiger charge is 2.38. The van der Waals surface area contributed by atoms with Crippen LogP contribution in [0.2, 0.25) is 0 Å². The standard InChI is InChI=1S/C29H25F3N6O2/c1-18-2-7-22-23(16-18)34-27(39)26(22)36-12-14-37(15-13-36)28(40)24-17-25(19-8-10-33-11-9-19)38(35-24)21-5-3-20(4-6-21)29(30,31)32/h2-11,16-17,26H,12-15H2,1H3,(H,34,39). The summed E-state index contributed by atoms with van der Waals surface area (Å²) >= 11 is 0. The van der Waals surface area contributed by atoms with E-state index in [2.05, 4.69) is 20.3 Å². The maximum atomic E-state index is 13.5. The number of hydrogen-bond donors (Lipinski definition) is 1. The second-order valence-corrected chi connectivity index (χ2v) is 9.92. The highest BCUT2D eigenvalue weighted by atomic mass is 19.4. The third-order valence-electron chi connectivity index (χ3n) is 7.32. The number of rotatable bonds is 4. The number of carbonyl (C=O) groups excluding carboxylic acids is 2. The molecule has 2 aliphatic rings. The Morgan fingerprint density at radius 3 is 2.33 bits per heavy atom. The minimum absolute atomic E-state index is 0.0716. The molecule has 1 fully saturated rings. The first kappa shape index (κ1) is 25.8. The molecule has 1 saturated heterocycles. The third kappa shape index (κ3) is 4.73. The normalized spacial score (nSPS) is 17.6. The molecular formula is C29H25F3N6O2. The molecule has 11 heteroatoms. The number of nitrogens with one attached hydrogen (secondary N) is 1. The van der Waals surface area contributed by atoms with Gasteiger partial charge >= 0.3 is 6.18 Å². The van der Waals surface area contributed by atoms with Crippen LogP contribution in [-0.2, 0) is 11.0 Å². The number of benzene rings is 2. The average molecular weight is 547 g/mol. The van der Waals surface area contributed by atoms with Crippen molar-refractivity contribution >= 4 is 17.5 Å². The molecule has 2 amide bonds. The van der Waals surface area contributed by atoms with Crippen molar-refractivity contribution in [2.45, 2.75) is 19.1 Å². The lowest BCUT2D eigenvalue weighted by Crippen LogP contribution is -2.50. The number of hydrogen-bond acceptors (Lipinski definition) is 5. The highest BCUT2D eigenvalue weighted by molar-refractivity contribution is 6.02. The number of piperazine rings is 1. The van der Waals surface area contributed by atoms with Crippen molar-refractivity contribution in [3.8, 4) is 16.9 Å². The molecule has 2 aromatic heterocycles. The molecule has 1 atom stereocenters. The average Bonchev–Trinajstić information content (AvgIpc) is 3.53. The quantitative estimate of drug-likeness (QED) is 0.401. The van der Waals surface area contributed by atoms with Gasteiger partial charge in [-0.1, -0.05) is 12.1 Å². The summed E-state index contributed by atoms with van der Waals surface area (Å²) in [5, 5.41) is 7.47. The summed E-state index contributed by atoms with van der Waals surface area (Å²) in [5.74, 6) is -0.356. The van der Waals surface area contributed by atoms with Crippen LogP contribution in [-0.4, -0.2) is 62.6 Å². The first-order valence-electron chi connectivity index (χ1n) is 12.8. The van der Waals surface area contributed by atoms with Gasteiger partial charge in [0.2, 0.25) is 5.91 Å². The first-order chi connectivity index (χ1) is 19.2. The number of halogens is 3. The molecule has 4 aromatic rings. The Morgan fingerprint density at radius 1 is 0.950 bits per heavy atom. The first-order valence-corrected chi connectivity index (χ1v) is 12.8. The largest absolute Gasteiger partial charge is 0.416 e. The van der Waals surface area contributed by atoms with Crippen LogP contribution in [0.25, 0.3) is 16.9 Å². The van der Waals surface area contributed by atoms with E-state index in [0.717, 1.165) is 28.9 Å². The van der Waals surface area contributed by atoms with Crippen LogP contribution in [0.3, 0.4) is 0 Å². The number of aromatic nitrogens is 3. The van der Waals surface area contributed by atoms with Crippen LogP contribution in [0.15, 0.2) is 73.1 Å². The zero-order chi connectivity index (χ0) is 28.0. The van der Waals surface area contributed by atoms with E-state index < -0.39 is 17.8 Å². The van der Waals surface area contributed by atoms with Gasteiger partial charge < -0.3 is 10.2 Å². The van der Waals surface area contributed by atoms with Crippen molar-refractivity contribution in [1.82, 2.24) is 24.6 Å². The monoisotopic (exact) mass is 546 g/mol. The summed E-state index contributed by atoms with van der Waals surface area (Å²) in [5.41, 5.74) is 3.91. The summed E-state index contributed by atoms with van der Waals surface area (Å²) in [6.07, 6.45) is -1.27. The van der Waals surface area contributed by atoms with Gasteiger partial charge in [0.05, 0.1) is 16.9 Å². The number of anilines is 1. The van der Waals surface area contributed by atoms with Gasteiger partial charge in [-0.05, 0) is 61.0 Å². The van der Waals surface area contributed by atoms with Crippen LogP contribution in [0, 0.1) is 6.92 Å². The van der Waals surface area contributed by atoms with Gasteiger partial charge in [-0.2, -0.15) is 18.3 Å². The Morgan fingerprint density at radius 2 is 1.65 bits per heavy atom. The number of amides is 2. The predicted octanol–water partition coefficient (Wildman–Crippen LogP) is 4.71. The minimum atomic E-state index is -4.46. The summed E-state index contributed by atoms with van der Waals surface area (Å²) < 4.78 is 40.8. The van der Waals surface area contributed by atoms with E-state index in [1.165, 1.54) is 16.8 Å². The van der Waals surface area contributed by atoms with Crippen LogP contribution < -0.4 is 5.32 Å². The summed E-state index contributed by atoms with van der Waals surface area (Å²) in [4.78, 5) is 34.1. The van der Waals surface area contributed by atoms with Gasteiger partial charge in [0.25, 0.3) is 5.91 Å². The second-order valence-electron chi connectivity index (χ2n) is 9.92. The lowest BCUT2D eigenvalue weighted by atomic mass is 10.0. The SMILES string of the molecule is Cc1ccc2c(c1)NC(=O)C2N1CCN(C(=O)c2cc(-c3ccncc3)n(-c3ccc(C(F)(F)F)cc3)n2)CC1. The molecule has 0 spiro atoms. The van der Waals surface area contributed by atoms with E-state index >= 15 is 0 Å². The molecule has 0 saturated carbocycles. The van der Waals surface area contributed by atoms with Crippen LogP contribution in [0.1, 0.15) is 33.2 Å². The zero-order valence-corrected chi connectivity index (χ0v) is 21.5. The Hall–Kier alpha value is -4.51. The molecule has 40 heavy (non-hydrogen) atoms. The Kier molecular flexibility index (Phi) is 6.38. The molecule has 204 valence electrons. The van der Waals surface area contributed by atoms with Crippen molar-refractivity contribution in [3.63, 3.8) is 0 Å². The minimum Gasteiger partial charge on any atom is -0.335 e. The fourth-order valence-electron chi connectivity index (χ4n) is 5.27. The topological polar surface area (TPSA) is 83.4 Å². The molecule has 2 aromatic carbocycles. The summed E-state index contributed by atoms with van der Waals surface area (Å²) in [6, 6.07) is 15.3. The summed E-state index contributed by atoms with van der Waals surface area (Å²) in [6.45, 7) is 3.80. The third-order valence-corrected chi connectivity index (χ3v) is 7.32. The number of aryl methyl sites for hydroxylation is 1. The molecule has 6 rings (SSSR count). The Balaban J connectivity index is 1.24. The van der Waals surface area contributed by atoms with E-state index in [-0.39, 0.29) is 17.5 Å². The molecule has 1 N–H and O–H groups in total. The Bertz CT molecular complexity index is 1580. The van der Waals surface area contributed by atoms with Crippen molar-refractivity contribution in [1.29, 1.82) is 0 Å². The van der Waals surface area contributed by atoms with Crippen LogP contribution in [0.4, 0.5) is 18.9 Å². The van der Waals surface area contributed by atoms with Crippen molar-refractivity contribution < 1.29 is 22.8 Å². The van der Waals surface area contributed by atoms with E-state index in [0.29, 0.717) is 43.1 Å². The number of carbonyl (C=O) groups is 2. The Labute approximate surface area is 228 Å². The second kappa shape index (κ2) is 9.91. The maximum Gasteiger partial charge on any atom is 0.416 e. The molecule has 0 radical (unpaired) electrons. The number of pyridine rings is 1. The molecular weight excluding hydrogens is 521 g/mol. The van der Waals surface area contributed by atoms with E-state index in [1.54, 1.807) is 35.5 Å². The smallest absolute Gasteiger partial charge is 0.335 e. The van der Waals surface area contributed by atoms with Crippen molar-refractivity contribution in [2.24, 2.45) is 0 Å². The van der Waals surface area contributed by atoms with E-state index in [1.807, 2.05) is 25.1 Å². The van der Waals surface area contributed by atoms with Gasteiger partial charge in [0, 0.05) is 55.4 Å². The van der Waals surface area contributed by atoms with Crippen LogP contribution >= 0.6 is 0 Å². The molecule has 0 bridgehead atoms. The fourth-order valence-corrected chi connectivity index (χ4v) is 5.27. The van der Waals surface area contributed by atoms with Crippen molar-refractivity contribution in [2.75, 3.05) is 31.5 Å². The molecule has 1 unspecified atom stereocenters. The van der Waals surface area contributed by atoms with Gasteiger partial charge in [-0.3, -0.25) is 19.5 Å². The summed E-state index contributed by atoms with van der Waals surface area (Å²) in [7, 11) is 0. The molecule has 8 nitrogen and oxygen atoms in total. The van der Waals surface area contributed by atoms with Gasteiger partial charge in [0.1, 0.15) is 6.04 Å². The van der Waals surface area contributed by atoms with Crippen LogP contribution in [0.5, 0.6) is 0 Å². The van der Waals surface area contributed by atoms with Gasteiger partial charge in [-0.15, -0.1) is 0 Å².